The third-order valence-electron chi connectivity index (χ3n) is 4.11. The smallest absolute Gasteiger partial charge is 0.322 e. The van der Waals surface area contributed by atoms with Gasteiger partial charge in [-0.3, -0.25) is 19.7 Å². The fourth-order valence-corrected chi connectivity index (χ4v) is 3.08. The SMILES string of the molecule is O=C1CC[C@@H](C(=O)N2CCCC3(C2)NC(=O)NC3=O)N1. The van der Waals surface area contributed by atoms with Crippen molar-refractivity contribution < 1.29 is 19.2 Å². The van der Waals surface area contributed by atoms with Crippen molar-refractivity contribution in [3.63, 3.8) is 0 Å². The molecule has 3 aliphatic rings. The quantitative estimate of drug-likeness (QED) is 0.506. The molecule has 8 nitrogen and oxygen atoms in total. The number of amides is 5. The summed E-state index contributed by atoms with van der Waals surface area (Å²) in [5.41, 5.74) is -1.01. The van der Waals surface area contributed by atoms with E-state index in [1.54, 1.807) is 4.90 Å². The van der Waals surface area contributed by atoms with Crippen molar-refractivity contribution in [3.05, 3.63) is 0 Å². The molecular formula is C12H16N4O4. The minimum atomic E-state index is -1.01. The normalized spacial score (nSPS) is 33.1. The highest BCUT2D eigenvalue weighted by atomic mass is 16.2. The van der Waals surface area contributed by atoms with E-state index in [1.807, 2.05) is 0 Å². The molecule has 3 N–H and O–H groups in total. The second-order valence-corrected chi connectivity index (χ2v) is 5.51. The van der Waals surface area contributed by atoms with Gasteiger partial charge in [0.2, 0.25) is 11.8 Å². The molecule has 0 saturated carbocycles. The van der Waals surface area contributed by atoms with Gasteiger partial charge >= 0.3 is 6.03 Å². The number of piperidine rings is 1. The van der Waals surface area contributed by atoms with E-state index < -0.39 is 17.6 Å². The maximum atomic E-state index is 12.3. The van der Waals surface area contributed by atoms with E-state index in [-0.39, 0.29) is 24.3 Å². The molecule has 3 aliphatic heterocycles. The summed E-state index contributed by atoms with van der Waals surface area (Å²) in [7, 11) is 0. The van der Waals surface area contributed by atoms with Crippen LogP contribution in [0.5, 0.6) is 0 Å². The van der Waals surface area contributed by atoms with Crippen LogP contribution in [0.2, 0.25) is 0 Å². The summed E-state index contributed by atoms with van der Waals surface area (Å²) in [6.07, 6.45) is 2.00. The van der Waals surface area contributed by atoms with E-state index in [0.29, 0.717) is 32.2 Å². The summed E-state index contributed by atoms with van der Waals surface area (Å²) >= 11 is 0. The number of imide groups is 1. The number of carbonyl (C=O) groups excluding carboxylic acids is 4. The van der Waals surface area contributed by atoms with Gasteiger partial charge < -0.3 is 15.5 Å². The number of carbonyl (C=O) groups is 4. The number of nitrogens with one attached hydrogen (secondary N) is 3. The zero-order valence-corrected chi connectivity index (χ0v) is 10.9. The van der Waals surface area contributed by atoms with E-state index in [9.17, 15) is 19.2 Å². The molecule has 20 heavy (non-hydrogen) atoms. The van der Waals surface area contributed by atoms with Gasteiger partial charge in [0.25, 0.3) is 5.91 Å². The van der Waals surface area contributed by atoms with Crippen LogP contribution >= 0.6 is 0 Å². The molecule has 0 bridgehead atoms. The van der Waals surface area contributed by atoms with Gasteiger partial charge in [-0.25, -0.2) is 4.79 Å². The minimum absolute atomic E-state index is 0.123. The Morgan fingerprint density at radius 3 is 2.70 bits per heavy atom. The van der Waals surface area contributed by atoms with E-state index in [0.717, 1.165) is 0 Å². The van der Waals surface area contributed by atoms with Gasteiger partial charge in [0.05, 0.1) is 6.54 Å². The maximum Gasteiger partial charge on any atom is 0.322 e. The van der Waals surface area contributed by atoms with Gasteiger partial charge in [0.15, 0.2) is 0 Å². The van der Waals surface area contributed by atoms with Crippen LogP contribution in [0.25, 0.3) is 0 Å². The second kappa shape index (κ2) is 4.46. The van der Waals surface area contributed by atoms with Crippen LogP contribution in [0.15, 0.2) is 0 Å². The van der Waals surface area contributed by atoms with Gasteiger partial charge in [-0.05, 0) is 19.3 Å². The summed E-state index contributed by atoms with van der Waals surface area (Å²) in [4.78, 5) is 48.3. The molecule has 0 aromatic carbocycles. The van der Waals surface area contributed by atoms with Crippen LogP contribution < -0.4 is 16.0 Å². The first-order valence-corrected chi connectivity index (χ1v) is 6.72. The number of nitrogens with zero attached hydrogens (tertiary/aromatic N) is 1. The van der Waals surface area contributed by atoms with Crippen molar-refractivity contribution in [2.45, 2.75) is 37.3 Å². The highest BCUT2D eigenvalue weighted by Crippen LogP contribution is 2.25. The minimum Gasteiger partial charge on any atom is -0.344 e. The third kappa shape index (κ3) is 2.00. The van der Waals surface area contributed by atoms with Crippen LogP contribution in [0.4, 0.5) is 4.79 Å². The van der Waals surface area contributed by atoms with Crippen LogP contribution in [-0.2, 0) is 14.4 Å². The molecule has 1 unspecified atom stereocenters. The molecule has 3 heterocycles. The topological polar surface area (TPSA) is 108 Å². The highest BCUT2D eigenvalue weighted by Gasteiger charge is 2.50. The fraction of sp³-hybridized carbons (Fsp3) is 0.667. The molecular weight excluding hydrogens is 264 g/mol. The summed E-state index contributed by atoms with van der Waals surface area (Å²) < 4.78 is 0. The van der Waals surface area contributed by atoms with Crippen molar-refractivity contribution in [1.82, 2.24) is 20.9 Å². The van der Waals surface area contributed by atoms with E-state index in [1.165, 1.54) is 0 Å². The predicted molar refractivity (Wildman–Crippen MR) is 66.4 cm³/mol. The van der Waals surface area contributed by atoms with Gasteiger partial charge in [-0.2, -0.15) is 0 Å². The average Bonchev–Trinajstić information content (AvgIpc) is 2.94. The van der Waals surface area contributed by atoms with Gasteiger partial charge in [-0.1, -0.05) is 0 Å². The molecule has 1 spiro atoms. The van der Waals surface area contributed by atoms with Crippen LogP contribution in [0.1, 0.15) is 25.7 Å². The largest absolute Gasteiger partial charge is 0.344 e. The standard InChI is InChI=1S/C12H16N4O4/c17-8-3-2-7(13-8)9(18)16-5-1-4-12(6-16)10(19)14-11(20)15-12/h7H,1-6H2,(H,13,17)(H2,14,15,19,20)/t7-,12?/m0/s1. The Morgan fingerprint density at radius 2 is 2.10 bits per heavy atom. The second-order valence-electron chi connectivity index (χ2n) is 5.51. The molecule has 0 radical (unpaired) electrons. The van der Waals surface area contributed by atoms with E-state index in [4.69, 9.17) is 0 Å². The first-order chi connectivity index (χ1) is 9.50. The molecule has 8 heteroatoms. The molecule has 3 saturated heterocycles. The monoisotopic (exact) mass is 280 g/mol. The van der Waals surface area contributed by atoms with Gasteiger partial charge in [0.1, 0.15) is 11.6 Å². The van der Waals surface area contributed by atoms with E-state index >= 15 is 0 Å². The Balaban J connectivity index is 1.72. The van der Waals surface area contributed by atoms with Crippen molar-refractivity contribution >= 4 is 23.8 Å². The van der Waals surface area contributed by atoms with Crippen LogP contribution in [-0.4, -0.2) is 53.3 Å². The van der Waals surface area contributed by atoms with E-state index in [2.05, 4.69) is 16.0 Å². The lowest BCUT2D eigenvalue weighted by atomic mass is 9.89. The molecule has 0 aromatic rings. The molecule has 2 atom stereocenters. The molecule has 3 rings (SSSR count). The summed E-state index contributed by atoms with van der Waals surface area (Å²) in [5.74, 6) is -0.679. The Morgan fingerprint density at radius 1 is 1.30 bits per heavy atom. The molecule has 108 valence electrons. The first kappa shape index (κ1) is 12.9. The van der Waals surface area contributed by atoms with Crippen molar-refractivity contribution in [2.24, 2.45) is 0 Å². The Bertz CT molecular complexity index is 506. The molecule has 0 aromatic heterocycles. The van der Waals surface area contributed by atoms with Gasteiger partial charge in [0, 0.05) is 13.0 Å². The Hall–Kier alpha value is -2.12. The Labute approximate surface area is 115 Å². The zero-order valence-electron chi connectivity index (χ0n) is 10.9. The number of urea groups is 1. The molecule has 0 aliphatic carbocycles. The van der Waals surface area contributed by atoms with Crippen molar-refractivity contribution in [3.8, 4) is 0 Å². The highest BCUT2D eigenvalue weighted by molar-refractivity contribution is 6.07. The fourth-order valence-electron chi connectivity index (χ4n) is 3.08. The number of rotatable bonds is 1. The summed E-state index contributed by atoms with van der Waals surface area (Å²) in [5, 5.41) is 7.47. The third-order valence-corrected chi connectivity index (χ3v) is 4.11. The lowest BCUT2D eigenvalue weighted by molar-refractivity contribution is -0.138. The van der Waals surface area contributed by atoms with Crippen molar-refractivity contribution in [2.75, 3.05) is 13.1 Å². The molecule has 5 amide bonds. The first-order valence-electron chi connectivity index (χ1n) is 6.72. The predicted octanol–water partition coefficient (Wildman–Crippen LogP) is -1.53. The Kier molecular flexibility index (Phi) is 2.88. The summed E-state index contributed by atoms with van der Waals surface area (Å²) in [6, 6.07) is -1.02. The number of hydrogen-bond donors (Lipinski definition) is 3. The number of hydrogen-bond acceptors (Lipinski definition) is 4. The van der Waals surface area contributed by atoms with Gasteiger partial charge in [-0.15, -0.1) is 0 Å². The average molecular weight is 280 g/mol. The molecule has 3 fully saturated rings. The number of likely N-dealkylation sites (tertiary alicyclic amines) is 1. The maximum absolute atomic E-state index is 12.3. The lowest BCUT2D eigenvalue weighted by Crippen LogP contribution is -2.61. The zero-order chi connectivity index (χ0) is 14.3. The summed E-state index contributed by atoms with van der Waals surface area (Å²) in [6.45, 7) is 0.700. The van der Waals surface area contributed by atoms with Crippen LogP contribution in [0.3, 0.4) is 0 Å². The lowest BCUT2D eigenvalue weighted by Gasteiger charge is -2.38. The van der Waals surface area contributed by atoms with Crippen molar-refractivity contribution in [1.29, 1.82) is 0 Å². The van der Waals surface area contributed by atoms with Crippen LogP contribution in [0, 0.1) is 0 Å².